The summed E-state index contributed by atoms with van der Waals surface area (Å²) in [6, 6.07) is 10.5. The molecule has 3 N–H and O–H groups in total. The van der Waals surface area contributed by atoms with Crippen molar-refractivity contribution in [2.45, 2.75) is 25.7 Å². The monoisotopic (exact) mass is 425 g/mol. The number of esters is 1. The zero-order valence-corrected chi connectivity index (χ0v) is 16.8. The average molecular weight is 425 g/mol. The first-order valence-electron chi connectivity index (χ1n) is 8.77. The summed E-state index contributed by atoms with van der Waals surface area (Å²) in [5.41, 5.74) is 2.48. The first kappa shape index (κ1) is 23.0. The van der Waals surface area contributed by atoms with Crippen molar-refractivity contribution in [1.29, 1.82) is 0 Å². The van der Waals surface area contributed by atoms with Gasteiger partial charge < -0.3 is 20.2 Å². The van der Waals surface area contributed by atoms with Crippen LogP contribution in [-0.4, -0.2) is 37.9 Å². The predicted octanol–water partition coefficient (Wildman–Crippen LogP) is 3.09. The molecule has 0 saturated heterocycles. The Balaban J connectivity index is 2.43. The van der Waals surface area contributed by atoms with Crippen molar-refractivity contribution in [3.05, 3.63) is 59.2 Å². The van der Waals surface area contributed by atoms with Gasteiger partial charge in [-0.15, -0.1) is 0 Å². The number of anilines is 1. The number of nitrogens with one attached hydrogen (secondary N) is 3. The molecular weight excluding hydrogens is 403 g/mol. The number of amides is 1. The van der Waals surface area contributed by atoms with Gasteiger partial charge in [0.05, 0.1) is 19.8 Å². The predicted molar refractivity (Wildman–Crippen MR) is 104 cm³/mol. The molecule has 0 aliphatic carbocycles. The van der Waals surface area contributed by atoms with E-state index in [1.165, 1.54) is 31.4 Å². The van der Waals surface area contributed by atoms with Gasteiger partial charge in [0.25, 0.3) is 5.91 Å². The van der Waals surface area contributed by atoms with E-state index in [0.717, 1.165) is 18.2 Å². The fraction of sp³-hybridized carbons (Fsp3) is 0.300. The number of para-hydroxylation sites is 1. The number of halogens is 3. The quantitative estimate of drug-likeness (QED) is 0.359. The third-order valence-electron chi connectivity index (χ3n) is 4.47. The van der Waals surface area contributed by atoms with Crippen LogP contribution in [0.2, 0.25) is 0 Å². The van der Waals surface area contributed by atoms with Crippen LogP contribution >= 0.6 is 0 Å². The van der Waals surface area contributed by atoms with Crippen LogP contribution < -0.4 is 20.9 Å². The van der Waals surface area contributed by atoms with E-state index in [0.29, 0.717) is 0 Å². The van der Waals surface area contributed by atoms with E-state index in [1.807, 2.05) is 12.3 Å². The number of rotatable bonds is 7. The molecule has 0 spiro atoms. The summed E-state index contributed by atoms with van der Waals surface area (Å²) in [5, 5.41) is 1.72. The molecule has 1 unspecified atom stereocenters. The van der Waals surface area contributed by atoms with Gasteiger partial charge in [0.1, 0.15) is 5.75 Å². The maximum atomic E-state index is 14.1. The molecular formula is C20H22F3N3O4. The number of alkyl halides is 3. The summed E-state index contributed by atoms with van der Waals surface area (Å²) < 4.78 is 51.6. The minimum absolute atomic E-state index is 0.0399. The van der Waals surface area contributed by atoms with Crippen molar-refractivity contribution in [3.8, 4) is 5.75 Å². The number of carbonyl (C=O) groups excluding carboxylic acids is 2. The fourth-order valence-corrected chi connectivity index (χ4v) is 2.60. The highest BCUT2D eigenvalue weighted by molar-refractivity contribution is 6.00. The van der Waals surface area contributed by atoms with Gasteiger partial charge in [-0.3, -0.25) is 4.79 Å². The molecule has 0 heterocycles. The molecule has 0 fully saturated rings. The normalized spacial score (nSPS) is 13.2. The summed E-state index contributed by atoms with van der Waals surface area (Å²) in [5.74, 6) is -2.91. The molecule has 0 aliphatic heterocycles. The molecule has 2 aromatic rings. The van der Waals surface area contributed by atoms with Gasteiger partial charge in [-0.05, 0) is 49.2 Å². The second kappa shape index (κ2) is 9.04. The summed E-state index contributed by atoms with van der Waals surface area (Å²) in [4.78, 5) is 24.9. The minimum Gasteiger partial charge on any atom is -0.496 e. The Morgan fingerprint density at radius 1 is 0.967 bits per heavy atom. The highest BCUT2D eigenvalue weighted by Gasteiger charge is 2.63. The Morgan fingerprint density at radius 2 is 1.63 bits per heavy atom. The zero-order chi connectivity index (χ0) is 22.5. The van der Waals surface area contributed by atoms with E-state index >= 15 is 0 Å². The largest absolute Gasteiger partial charge is 0.496 e. The maximum Gasteiger partial charge on any atom is 0.438 e. The Hall–Kier alpha value is -3.27. The Kier molecular flexibility index (Phi) is 6.93. The third-order valence-corrected chi connectivity index (χ3v) is 4.47. The second-order valence-corrected chi connectivity index (χ2v) is 6.44. The van der Waals surface area contributed by atoms with Crippen molar-refractivity contribution in [1.82, 2.24) is 10.7 Å². The Bertz CT molecular complexity index is 934. The molecule has 0 aromatic heterocycles. The first-order valence-corrected chi connectivity index (χ1v) is 8.77. The summed E-state index contributed by atoms with van der Waals surface area (Å²) in [6.07, 6.45) is -5.26. The molecule has 7 nitrogen and oxygen atoms in total. The summed E-state index contributed by atoms with van der Waals surface area (Å²) >= 11 is 0. The van der Waals surface area contributed by atoms with Crippen LogP contribution in [-0.2, 0) is 9.53 Å². The van der Waals surface area contributed by atoms with Gasteiger partial charge in [-0.1, -0.05) is 18.2 Å². The molecule has 1 atom stereocenters. The smallest absolute Gasteiger partial charge is 0.438 e. The lowest BCUT2D eigenvalue weighted by Crippen LogP contribution is -2.73. The lowest BCUT2D eigenvalue weighted by atomic mass is 10.1. The van der Waals surface area contributed by atoms with Gasteiger partial charge in [-0.25, -0.2) is 4.79 Å². The van der Waals surface area contributed by atoms with E-state index in [9.17, 15) is 22.8 Å². The molecule has 0 aliphatic rings. The highest BCUT2D eigenvalue weighted by atomic mass is 19.4. The number of methoxy groups -OCH3 is 2. The number of carbonyl (C=O) groups is 2. The number of ether oxygens (including phenoxy) is 2. The molecule has 0 radical (unpaired) electrons. The third kappa shape index (κ3) is 4.65. The standard InChI is InChI=1S/C20H22F3N3O4/c1-12-9-10-14(11-13(12)2)25-26-19(18(28)30-4,20(21,22)23)24-17(27)15-7-5-6-8-16(15)29-3/h5-11,25-26H,1-4H3,(H,24,27). The number of hydrazine groups is 1. The van der Waals surface area contributed by atoms with Crippen molar-refractivity contribution in [2.75, 3.05) is 19.6 Å². The molecule has 0 saturated carbocycles. The molecule has 30 heavy (non-hydrogen) atoms. The van der Waals surface area contributed by atoms with E-state index in [-0.39, 0.29) is 17.0 Å². The van der Waals surface area contributed by atoms with Crippen molar-refractivity contribution in [2.24, 2.45) is 0 Å². The van der Waals surface area contributed by atoms with Crippen LogP contribution in [0.5, 0.6) is 5.75 Å². The molecule has 1 amide bonds. The molecule has 2 rings (SSSR count). The Labute approximate surface area is 171 Å². The van der Waals surface area contributed by atoms with Gasteiger partial charge in [0, 0.05) is 5.69 Å². The zero-order valence-electron chi connectivity index (χ0n) is 16.8. The van der Waals surface area contributed by atoms with Crippen LogP contribution in [0.25, 0.3) is 0 Å². The molecule has 2 aromatic carbocycles. The van der Waals surface area contributed by atoms with Crippen molar-refractivity contribution >= 4 is 17.6 Å². The van der Waals surface area contributed by atoms with E-state index in [2.05, 4.69) is 10.2 Å². The summed E-state index contributed by atoms with van der Waals surface area (Å²) in [6.45, 7) is 3.62. The van der Waals surface area contributed by atoms with Gasteiger partial charge in [-0.2, -0.15) is 18.6 Å². The average Bonchev–Trinajstić information content (AvgIpc) is 2.71. The minimum atomic E-state index is -5.26. The number of hydrogen-bond donors (Lipinski definition) is 3. The summed E-state index contributed by atoms with van der Waals surface area (Å²) in [7, 11) is 2.05. The van der Waals surface area contributed by atoms with Crippen molar-refractivity contribution in [3.63, 3.8) is 0 Å². The number of hydrogen-bond acceptors (Lipinski definition) is 6. The van der Waals surface area contributed by atoms with Gasteiger partial charge in [0.15, 0.2) is 0 Å². The first-order chi connectivity index (χ1) is 14.1. The van der Waals surface area contributed by atoms with E-state index in [4.69, 9.17) is 4.74 Å². The molecule has 162 valence electrons. The topological polar surface area (TPSA) is 88.7 Å². The van der Waals surface area contributed by atoms with Gasteiger partial charge in [0.2, 0.25) is 0 Å². The lowest BCUT2D eigenvalue weighted by Gasteiger charge is -2.34. The maximum absolute atomic E-state index is 14.1. The van der Waals surface area contributed by atoms with E-state index in [1.54, 1.807) is 30.4 Å². The second-order valence-electron chi connectivity index (χ2n) is 6.44. The Morgan fingerprint density at radius 3 is 2.20 bits per heavy atom. The molecule has 10 heteroatoms. The highest BCUT2D eigenvalue weighted by Crippen LogP contribution is 2.31. The SMILES string of the molecule is COC(=O)C(NNc1ccc(C)c(C)c1)(NC(=O)c1ccccc1OC)C(F)(F)F. The van der Waals surface area contributed by atoms with Crippen molar-refractivity contribution < 1.29 is 32.2 Å². The molecule has 0 bridgehead atoms. The number of benzene rings is 2. The van der Waals surface area contributed by atoms with Crippen LogP contribution in [0.1, 0.15) is 21.5 Å². The van der Waals surface area contributed by atoms with Crippen LogP contribution in [0, 0.1) is 13.8 Å². The number of aryl methyl sites for hydroxylation is 2. The lowest BCUT2D eigenvalue weighted by molar-refractivity contribution is -0.215. The van der Waals surface area contributed by atoms with Crippen LogP contribution in [0.15, 0.2) is 42.5 Å². The van der Waals surface area contributed by atoms with E-state index < -0.39 is 23.7 Å². The van der Waals surface area contributed by atoms with Gasteiger partial charge >= 0.3 is 17.8 Å². The fourth-order valence-electron chi connectivity index (χ4n) is 2.60. The van der Waals surface area contributed by atoms with Crippen LogP contribution in [0.4, 0.5) is 18.9 Å². The van der Waals surface area contributed by atoms with Crippen LogP contribution in [0.3, 0.4) is 0 Å².